The van der Waals surface area contributed by atoms with Gasteiger partial charge in [0.05, 0.1) is 5.69 Å². The molecule has 1 aromatic rings. The van der Waals surface area contributed by atoms with Crippen molar-refractivity contribution in [3.8, 4) is 0 Å². The molecule has 0 saturated heterocycles. The van der Waals surface area contributed by atoms with Crippen molar-refractivity contribution in [1.82, 2.24) is 9.59 Å². The molecule has 1 rings (SSSR count). The van der Waals surface area contributed by atoms with Crippen LogP contribution in [0.3, 0.4) is 0 Å². The number of nitrogens with zero attached hydrogens (tertiary/aromatic N) is 2. The molecule has 0 spiro atoms. The van der Waals surface area contributed by atoms with E-state index in [1.165, 1.54) is 69.3 Å². The highest BCUT2D eigenvalue weighted by Crippen LogP contribution is 2.15. The van der Waals surface area contributed by atoms with E-state index in [2.05, 4.69) is 16.5 Å². The van der Waals surface area contributed by atoms with Crippen molar-refractivity contribution in [2.24, 2.45) is 0 Å². The number of carbonyl (C=O) groups excluding carboxylic acids is 1. The van der Waals surface area contributed by atoms with Gasteiger partial charge in [-0.3, -0.25) is 4.79 Å². The molecule has 114 valence electrons. The Morgan fingerprint density at radius 2 is 1.50 bits per heavy atom. The summed E-state index contributed by atoms with van der Waals surface area (Å²) in [7, 11) is 0. The molecule has 20 heavy (non-hydrogen) atoms. The summed E-state index contributed by atoms with van der Waals surface area (Å²) in [5.74, 6) is 0.220. The van der Waals surface area contributed by atoms with E-state index >= 15 is 0 Å². The summed E-state index contributed by atoms with van der Waals surface area (Å²) in [6.45, 7) is 4.11. The van der Waals surface area contributed by atoms with Crippen LogP contribution in [0.15, 0.2) is 0 Å². The molecule has 0 fully saturated rings. The Hall–Kier alpha value is -0.770. The molecule has 4 heteroatoms. The lowest BCUT2D eigenvalue weighted by atomic mass is 10.0. The van der Waals surface area contributed by atoms with Crippen molar-refractivity contribution in [2.45, 2.75) is 84.5 Å². The minimum absolute atomic E-state index is 0.220. The van der Waals surface area contributed by atoms with Crippen molar-refractivity contribution in [2.75, 3.05) is 0 Å². The third-order valence-electron chi connectivity index (χ3n) is 3.66. The third kappa shape index (κ3) is 7.13. The zero-order chi connectivity index (χ0) is 14.6. The average Bonchev–Trinajstić information content (AvgIpc) is 2.87. The number of Topliss-reactive ketones (excluding diaryl/α,β-unsaturated/α-hetero) is 1. The number of hydrogen-bond acceptors (Lipinski definition) is 4. The van der Waals surface area contributed by atoms with Crippen molar-refractivity contribution in [3.63, 3.8) is 0 Å². The van der Waals surface area contributed by atoms with E-state index in [9.17, 15) is 4.79 Å². The maximum Gasteiger partial charge on any atom is 0.176 e. The van der Waals surface area contributed by atoms with Gasteiger partial charge in [0.2, 0.25) is 0 Å². The van der Waals surface area contributed by atoms with Gasteiger partial charge in [-0.15, -0.1) is 5.10 Å². The van der Waals surface area contributed by atoms with Gasteiger partial charge in [0.25, 0.3) is 0 Å². The largest absolute Gasteiger partial charge is 0.293 e. The van der Waals surface area contributed by atoms with Crippen LogP contribution >= 0.6 is 11.5 Å². The normalized spacial score (nSPS) is 10.9. The van der Waals surface area contributed by atoms with E-state index in [4.69, 9.17) is 0 Å². The fraction of sp³-hybridized carbons (Fsp3) is 0.812. The lowest BCUT2D eigenvalue weighted by molar-refractivity contribution is 0.0982. The molecule has 0 aliphatic carbocycles. The quantitative estimate of drug-likeness (QED) is 0.386. The first kappa shape index (κ1) is 17.3. The fourth-order valence-electron chi connectivity index (χ4n) is 2.37. The van der Waals surface area contributed by atoms with Gasteiger partial charge in [-0.25, -0.2) is 0 Å². The second kappa shape index (κ2) is 11.0. The fourth-order valence-corrected chi connectivity index (χ4v) is 2.99. The van der Waals surface area contributed by atoms with Crippen LogP contribution in [0.25, 0.3) is 0 Å². The summed E-state index contributed by atoms with van der Waals surface area (Å²) in [5, 5.41) is 3.88. The summed E-state index contributed by atoms with van der Waals surface area (Å²) >= 11 is 1.23. The van der Waals surface area contributed by atoms with Gasteiger partial charge in [0.15, 0.2) is 5.78 Å². The minimum atomic E-state index is 0.220. The van der Waals surface area contributed by atoms with Crippen LogP contribution < -0.4 is 0 Å². The van der Waals surface area contributed by atoms with E-state index in [-0.39, 0.29) is 5.78 Å². The Morgan fingerprint density at radius 3 is 2.00 bits per heavy atom. The molecular formula is C16H28N2OS. The van der Waals surface area contributed by atoms with Crippen LogP contribution in [-0.4, -0.2) is 15.4 Å². The molecule has 0 radical (unpaired) electrons. The Morgan fingerprint density at radius 1 is 0.950 bits per heavy atom. The Labute approximate surface area is 127 Å². The smallest absolute Gasteiger partial charge is 0.176 e. The molecule has 0 bridgehead atoms. The first-order valence-corrected chi connectivity index (χ1v) is 8.85. The maximum absolute atomic E-state index is 11.9. The summed E-state index contributed by atoms with van der Waals surface area (Å²) < 4.78 is 3.81. The van der Waals surface area contributed by atoms with Crippen LogP contribution in [0.1, 0.15) is 92.9 Å². The number of hydrogen-bond donors (Lipinski definition) is 0. The van der Waals surface area contributed by atoms with Gasteiger partial charge in [0, 0.05) is 6.42 Å². The first-order chi connectivity index (χ1) is 9.75. The number of rotatable bonds is 12. The van der Waals surface area contributed by atoms with Crippen LogP contribution in [-0.2, 0) is 0 Å². The Balaban J connectivity index is 1.92. The molecule has 0 aliphatic heterocycles. The van der Waals surface area contributed by atoms with Crippen LogP contribution in [0, 0.1) is 6.92 Å². The minimum Gasteiger partial charge on any atom is -0.293 e. The number of aryl methyl sites for hydroxylation is 1. The SMILES string of the molecule is CCCCCCCCCCCCC(=O)c1snnc1C. The predicted molar refractivity (Wildman–Crippen MR) is 85.4 cm³/mol. The van der Waals surface area contributed by atoms with Crippen molar-refractivity contribution in [3.05, 3.63) is 10.6 Å². The molecule has 0 unspecified atom stereocenters. The molecule has 0 N–H and O–H groups in total. The average molecular weight is 296 g/mol. The zero-order valence-electron chi connectivity index (χ0n) is 13.0. The predicted octanol–water partition coefficient (Wildman–Crippen LogP) is 5.34. The highest BCUT2D eigenvalue weighted by atomic mass is 32.1. The molecule has 0 amide bonds. The molecule has 3 nitrogen and oxygen atoms in total. The van der Waals surface area contributed by atoms with E-state index < -0.39 is 0 Å². The molecule has 1 heterocycles. The maximum atomic E-state index is 11.9. The lowest BCUT2D eigenvalue weighted by Gasteiger charge is -2.02. The Kier molecular flexibility index (Phi) is 9.46. The monoisotopic (exact) mass is 296 g/mol. The lowest BCUT2D eigenvalue weighted by Crippen LogP contribution is -1.98. The molecule has 1 aromatic heterocycles. The molecule has 0 aliphatic rings. The van der Waals surface area contributed by atoms with Crippen molar-refractivity contribution in [1.29, 1.82) is 0 Å². The number of unbranched alkanes of at least 4 members (excludes halogenated alkanes) is 9. The zero-order valence-corrected chi connectivity index (χ0v) is 13.8. The summed E-state index contributed by atoms with van der Waals surface area (Å²) in [6, 6.07) is 0. The van der Waals surface area contributed by atoms with Gasteiger partial charge in [-0.05, 0) is 24.9 Å². The molecule has 0 saturated carbocycles. The third-order valence-corrected chi connectivity index (χ3v) is 4.53. The van der Waals surface area contributed by atoms with Crippen molar-refractivity contribution >= 4 is 17.3 Å². The topological polar surface area (TPSA) is 42.9 Å². The second-order valence-electron chi connectivity index (χ2n) is 5.54. The van der Waals surface area contributed by atoms with Gasteiger partial charge in [0.1, 0.15) is 4.88 Å². The molecule has 0 atom stereocenters. The molecular weight excluding hydrogens is 268 g/mol. The summed E-state index contributed by atoms with van der Waals surface area (Å²) in [4.78, 5) is 12.6. The number of ketones is 1. The van der Waals surface area contributed by atoms with E-state index in [0.29, 0.717) is 6.42 Å². The van der Waals surface area contributed by atoms with Crippen LogP contribution in [0.2, 0.25) is 0 Å². The van der Waals surface area contributed by atoms with Crippen LogP contribution in [0.5, 0.6) is 0 Å². The van der Waals surface area contributed by atoms with Gasteiger partial charge in [-0.2, -0.15) is 0 Å². The van der Waals surface area contributed by atoms with Gasteiger partial charge in [-0.1, -0.05) is 69.2 Å². The summed E-state index contributed by atoms with van der Waals surface area (Å²) in [6.07, 6.45) is 13.6. The second-order valence-corrected chi connectivity index (χ2v) is 6.30. The van der Waals surface area contributed by atoms with Crippen molar-refractivity contribution < 1.29 is 4.79 Å². The van der Waals surface area contributed by atoms with E-state index in [1.807, 2.05) is 6.92 Å². The van der Waals surface area contributed by atoms with Gasteiger partial charge < -0.3 is 0 Å². The standard InChI is InChI=1S/C16H28N2OS/c1-3-4-5-6-7-8-9-10-11-12-13-15(19)16-14(2)17-18-20-16/h3-13H2,1-2H3. The number of aromatic nitrogens is 2. The van der Waals surface area contributed by atoms with Crippen LogP contribution in [0.4, 0.5) is 0 Å². The molecule has 0 aromatic carbocycles. The highest BCUT2D eigenvalue weighted by molar-refractivity contribution is 7.08. The van der Waals surface area contributed by atoms with Gasteiger partial charge >= 0.3 is 0 Å². The van der Waals surface area contributed by atoms with E-state index in [1.54, 1.807) is 0 Å². The number of carbonyl (C=O) groups is 1. The first-order valence-electron chi connectivity index (χ1n) is 8.08. The highest BCUT2D eigenvalue weighted by Gasteiger charge is 2.12. The van der Waals surface area contributed by atoms with E-state index in [0.717, 1.165) is 17.0 Å². The summed E-state index contributed by atoms with van der Waals surface area (Å²) in [5.41, 5.74) is 0.784. The Bertz CT molecular complexity index is 376.